The lowest BCUT2D eigenvalue weighted by atomic mass is 10.3. The number of anilines is 2. The highest BCUT2D eigenvalue weighted by atomic mass is 35.5. The van der Waals surface area contributed by atoms with Gasteiger partial charge in [0, 0.05) is 18.9 Å². The zero-order valence-electron chi connectivity index (χ0n) is 12.8. The molecule has 0 saturated carbocycles. The van der Waals surface area contributed by atoms with Gasteiger partial charge in [0.2, 0.25) is 5.82 Å². The molecular formula is C17H13ClN6. The van der Waals surface area contributed by atoms with Crippen molar-refractivity contribution in [2.24, 2.45) is 0 Å². The standard InChI is InChI=1S/C17H13ClN6/c1-23(12-6-3-2-4-7-12)15-10-9-14-20-21-17(24(14)22-15)16-13(18)8-5-11-19-16/h2-11H,1H3. The molecule has 0 N–H and O–H groups in total. The van der Waals surface area contributed by atoms with Gasteiger partial charge in [-0.2, -0.15) is 4.52 Å². The molecule has 4 rings (SSSR count). The van der Waals surface area contributed by atoms with E-state index in [4.69, 9.17) is 11.6 Å². The number of hydrogen-bond donors (Lipinski definition) is 0. The van der Waals surface area contributed by atoms with Gasteiger partial charge in [0.05, 0.1) is 5.02 Å². The van der Waals surface area contributed by atoms with Gasteiger partial charge in [0.1, 0.15) is 5.69 Å². The Hall–Kier alpha value is -2.99. The molecule has 24 heavy (non-hydrogen) atoms. The minimum Gasteiger partial charge on any atom is -0.328 e. The first-order valence-electron chi connectivity index (χ1n) is 7.36. The molecule has 0 fully saturated rings. The third-order valence-electron chi connectivity index (χ3n) is 3.71. The van der Waals surface area contributed by atoms with Crippen LogP contribution in [0.2, 0.25) is 5.02 Å². The lowest BCUT2D eigenvalue weighted by molar-refractivity contribution is 0.910. The monoisotopic (exact) mass is 336 g/mol. The van der Waals surface area contributed by atoms with Crippen molar-refractivity contribution in [3.05, 3.63) is 65.8 Å². The molecule has 3 aromatic heterocycles. The molecule has 4 aromatic rings. The largest absolute Gasteiger partial charge is 0.328 e. The number of halogens is 1. The molecule has 0 unspecified atom stereocenters. The average Bonchev–Trinajstić information content (AvgIpc) is 3.05. The molecule has 0 spiro atoms. The van der Waals surface area contributed by atoms with E-state index >= 15 is 0 Å². The van der Waals surface area contributed by atoms with Crippen LogP contribution in [0.1, 0.15) is 0 Å². The molecular weight excluding hydrogens is 324 g/mol. The predicted molar refractivity (Wildman–Crippen MR) is 93.5 cm³/mol. The van der Waals surface area contributed by atoms with Crippen molar-refractivity contribution in [3.63, 3.8) is 0 Å². The summed E-state index contributed by atoms with van der Waals surface area (Å²) in [6.45, 7) is 0. The average molecular weight is 337 g/mol. The molecule has 0 radical (unpaired) electrons. The lowest BCUT2D eigenvalue weighted by Crippen LogP contribution is -2.13. The van der Waals surface area contributed by atoms with Crippen LogP contribution in [-0.2, 0) is 0 Å². The molecule has 0 aliphatic carbocycles. The van der Waals surface area contributed by atoms with Crippen molar-refractivity contribution in [3.8, 4) is 11.5 Å². The number of fused-ring (bicyclic) bond motifs is 1. The van der Waals surface area contributed by atoms with E-state index in [0.717, 1.165) is 11.5 Å². The first kappa shape index (κ1) is 14.6. The van der Waals surface area contributed by atoms with E-state index in [1.165, 1.54) is 0 Å². The maximum absolute atomic E-state index is 6.23. The van der Waals surface area contributed by atoms with E-state index in [2.05, 4.69) is 20.3 Å². The highest BCUT2D eigenvalue weighted by Crippen LogP contribution is 2.25. The maximum atomic E-state index is 6.23. The first-order valence-corrected chi connectivity index (χ1v) is 7.74. The van der Waals surface area contributed by atoms with Crippen LogP contribution in [0.15, 0.2) is 60.8 Å². The van der Waals surface area contributed by atoms with E-state index in [1.807, 2.05) is 54.4 Å². The SMILES string of the molecule is CN(c1ccccc1)c1ccc2nnc(-c3ncccc3Cl)n2n1. The Morgan fingerprint density at radius 2 is 1.79 bits per heavy atom. The van der Waals surface area contributed by atoms with E-state index < -0.39 is 0 Å². The summed E-state index contributed by atoms with van der Waals surface area (Å²) in [5, 5.41) is 13.5. The fourth-order valence-electron chi connectivity index (χ4n) is 2.44. The summed E-state index contributed by atoms with van der Waals surface area (Å²) in [6.07, 6.45) is 1.67. The van der Waals surface area contributed by atoms with Crippen LogP contribution >= 0.6 is 11.6 Å². The van der Waals surface area contributed by atoms with Crippen LogP contribution in [0, 0.1) is 0 Å². The Labute approximate surface area is 143 Å². The Morgan fingerprint density at radius 3 is 2.58 bits per heavy atom. The minimum absolute atomic E-state index is 0.510. The minimum atomic E-state index is 0.510. The van der Waals surface area contributed by atoms with Gasteiger partial charge in [-0.15, -0.1) is 15.3 Å². The quantitative estimate of drug-likeness (QED) is 0.572. The second kappa shape index (κ2) is 5.90. The molecule has 7 heteroatoms. The summed E-state index contributed by atoms with van der Waals surface area (Å²) >= 11 is 6.23. The van der Waals surface area contributed by atoms with Crippen molar-refractivity contribution < 1.29 is 0 Å². The Kier molecular flexibility index (Phi) is 3.59. The molecule has 0 saturated heterocycles. The zero-order valence-corrected chi connectivity index (χ0v) is 13.6. The van der Waals surface area contributed by atoms with Crippen molar-refractivity contribution in [2.45, 2.75) is 0 Å². The smallest absolute Gasteiger partial charge is 0.205 e. The summed E-state index contributed by atoms with van der Waals surface area (Å²) in [7, 11) is 1.96. The van der Waals surface area contributed by atoms with Gasteiger partial charge in [-0.05, 0) is 36.4 Å². The van der Waals surface area contributed by atoms with Crippen LogP contribution in [0.4, 0.5) is 11.5 Å². The Bertz CT molecular complexity index is 998. The number of para-hydroxylation sites is 1. The highest BCUT2D eigenvalue weighted by Gasteiger charge is 2.15. The summed E-state index contributed by atoms with van der Waals surface area (Å²) < 4.78 is 1.66. The Morgan fingerprint density at radius 1 is 0.958 bits per heavy atom. The van der Waals surface area contributed by atoms with Crippen LogP contribution in [0.3, 0.4) is 0 Å². The maximum Gasteiger partial charge on any atom is 0.205 e. The molecule has 0 aliphatic rings. The van der Waals surface area contributed by atoms with Gasteiger partial charge < -0.3 is 4.90 Å². The third kappa shape index (κ3) is 2.47. The van der Waals surface area contributed by atoms with Gasteiger partial charge in [0.25, 0.3) is 0 Å². The van der Waals surface area contributed by atoms with Gasteiger partial charge in [-0.3, -0.25) is 4.98 Å². The summed E-state index contributed by atoms with van der Waals surface area (Å²) in [4.78, 5) is 6.28. The third-order valence-corrected chi connectivity index (χ3v) is 4.01. The molecule has 1 aromatic carbocycles. The van der Waals surface area contributed by atoms with Crippen LogP contribution < -0.4 is 4.90 Å². The number of nitrogens with zero attached hydrogens (tertiary/aromatic N) is 6. The van der Waals surface area contributed by atoms with Gasteiger partial charge in [-0.25, -0.2) is 0 Å². The molecule has 0 aliphatic heterocycles. The lowest BCUT2D eigenvalue weighted by Gasteiger charge is -2.18. The van der Waals surface area contributed by atoms with E-state index in [-0.39, 0.29) is 0 Å². The molecule has 0 bridgehead atoms. The van der Waals surface area contributed by atoms with Gasteiger partial charge >= 0.3 is 0 Å². The van der Waals surface area contributed by atoms with Crippen LogP contribution in [-0.4, -0.2) is 31.8 Å². The number of rotatable bonds is 3. The number of hydrogen-bond acceptors (Lipinski definition) is 5. The molecule has 118 valence electrons. The number of benzene rings is 1. The fourth-order valence-corrected chi connectivity index (χ4v) is 2.65. The Balaban J connectivity index is 1.84. The fraction of sp³-hybridized carbons (Fsp3) is 0.0588. The first-order chi connectivity index (χ1) is 11.7. The van der Waals surface area contributed by atoms with E-state index in [0.29, 0.717) is 22.2 Å². The van der Waals surface area contributed by atoms with Gasteiger partial charge in [-0.1, -0.05) is 29.8 Å². The van der Waals surface area contributed by atoms with Gasteiger partial charge in [0.15, 0.2) is 11.5 Å². The second-order valence-corrected chi connectivity index (χ2v) is 5.62. The number of aromatic nitrogens is 5. The number of pyridine rings is 1. The zero-order chi connectivity index (χ0) is 16.5. The van der Waals surface area contributed by atoms with Crippen molar-refractivity contribution >= 4 is 28.8 Å². The highest BCUT2D eigenvalue weighted by molar-refractivity contribution is 6.32. The summed E-state index contributed by atoms with van der Waals surface area (Å²) in [5.41, 5.74) is 2.23. The van der Waals surface area contributed by atoms with Crippen molar-refractivity contribution in [1.29, 1.82) is 0 Å². The second-order valence-electron chi connectivity index (χ2n) is 5.21. The van der Waals surface area contributed by atoms with Crippen molar-refractivity contribution in [1.82, 2.24) is 24.8 Å². The normalized spacial score (nSPS) is 10.9. The van der Waals surface area contributed by atoms with E-state index in [9.17, 15) is 0 Å². The van der Waals surface area contributed by atoms with E-state index in [1.54, 1.807) is 22.8 Å². The predicted octanol–water partition coefficient (Wildman–Crippen LogP) is 3.61. The summed E-state index contributed by atoms with van der Waals surface area (Å²) in [6, 6.07) is 17.3. The van der Waals surface area contributed by atoms with Crippen LogP contribution in [0.25, 0.3) is 17.2 Å². The topological polar surface area (TPSA) is 59.2 Å². The molecule has 6 nitrogen and oxygen atoms in total. The molecule has 0 atom stereocenters. The summed E-state index contributed by atoms with van der Waals surface area (Å²) in [5.74, 6) is 1.28. The van der Waals surface area contributed by atoms with Crippen molar-refractivity contribution in [2.75, 3.05) is 11.9 Å². The molecule has 0 amide bonds. The van der Waals surface area contributed by atoms with Crippen LogP contribution in [0.5, 0.6) is 0 Å². The molecule has 3 heterocycles.